The molecule has 3 atom stereocenters. The molecule has 25 heavy (non-hydrogen) atoms. The number of rotatable bonds is 10. The Morgan fingerprint density at radius 3 is 2.20 bits per heavy atom. The zero-order chi connectivity index (χ0) is 19.1. The van der Waals surface area contributed by atoms with Crippen molar-refractivity contribution in [1.29, 1.82) is 0 Å². The molecule has 1 aromatic rings. The van der Waals surface area contributed by atoms with Crippen molar-refractivity contribution < 1.29 is 9.16 Å². The minimum absolute atomic E-state index is 0.176. The smallest absolute Gasteiger partial charge is 0.192 e. The molecule has 4 heteroatoms. The van der Waals surface area contributed by atoms with Crippen LogP contribution in [0.25, 0.3) is 0 Å². The van der Waals surface area contributed by atoms with Gasteiger partial charge >= 0.3 is 0 Å². The molecule has 0 amide bonds. The van der Waals surface area contributed by atoms with Crippen LogP contribution in [0.5, 0.6) is 0 Å². The molecule has 0 aliphatic heterocycles. The average Bonchev–Trinajstić information content (AvgIpc) is 2.53. The van der Waals surface area contributed by atoms with Gasteiger partial charge in [0.05, 0.1) is 19.3 Å². The third-order valence-electron chi connectivity index (χ3n) is 5.32. The van der Waals surface area contributed by atoms with Crippen LogP contribution in [-0.4, -0.2) is 25.5 Å². The van der Waals surface area contributed by atoms with E-state index in [0.29, 0.717) is 19.1 Å². The Bertz CT molecular complexity index is 484. The van der Waals surface area contributed by atoms with Gasteiger partial charge in [-0.15, -0.1) is 0 Å². The van der Waals surface area contributed by atoms with Crippen molar-refractivity contribution in [2.45, 2.75) is 71.9 Å². The van der Waals surface area contributed by atoms with Crippen LogP contribution in [0.3, 0.4) is 0 Å². The number of hydrogen-bond acceptors (Lipinski definition) is 2. The van der Waals surface area contributed by atoms with Crippen molar-refractivity contribution >= 4 is 30.9 Å². The summed E-state index contributed by atoms with van der Waals surface area (Å²) in [5.41, 5.74) is 1.22. The summed E-state index contributed by atoms with van der Waals surface area (Å²) >= 11 is 2.48. The second-order valence-corrected chi connectivity index (χ2v) is 14.5. The highest BCUT2D eigenvalue weighted by Gasteiger charge is 2.40. The van der Waals surface area contributed by atoms with E-state index in [0.717, 1.165) is 5.92 Å². The van der Waals surface area contributed by atoms with Gasteiger partial charge in [-0.2, -0.15) is 0 Å². The fraction of sp³-hybridized carbons (Fsp3) is 0.714. The first kappa shape index (κ1) is 23.1. The van der Waals surface area contributed by atoms with E-state index in [-0.39, 0.29) is 11.1 Å². The van der Waals surface area contributed by atoms with Crippen molar-refractivity contribution in [2.24, 2.45) is 11.8 Å². The number of benzene rings is 1. The normalized spacial score (nSPS) is 16.5. The molecule has 0 spiro atoms. The van der Waals surface area contributed by atoms with Crippen LogP contribution in [0.4, 0.5) is 0 Å². The van der Waals surface area contributed by atoms with E-state index >= 15 is 0 Å². The monoisotopic (exact) mass is 476 g/mol. The van der Waals surface area contributed by atoms with E-state index in [1.165, 1.54) is 16.4 Å². The zero-order valence-electron chi connectivity index (χ0n) is 17.1. The molecule has 0 fully saturated rings. The molecule has 144 valence electrons. The van der Waals surface area contributed by atoms with Gasteiger partial charge in [0.1, 0.15) is 0 Å². The number of hydrogen-bond donors (Lipinski definition) is 0. The van der Waals surface area contributed by atoms with Crippen LogP contribution in [0, 0.1) is 11.8 Å². The Labute approximate surface area is 170 Å². The quantitative estimate of drug-likeness (QED) is 0.213. The Morgan fingerprint density at radius 1 is 1.08 bits per heavy atom. The molecular formula is C21H37IO2Si. The first-order valence-corrected chi connectivity index (χ1v) is 13.9. The fourth-order valence-electron chi connectivity index (χ4n) is 2.59. The minimum Gasteiger partial charge on any atom is -0.411 e. The maximum Gasteiger partial charge on any atom is 0.192 e. The average molecular weight is 477 g/mol. The van der Waals surface area contributed by atoms with E-state index < -0.39 is 8.32 Å². The summed E-state index contributed by atoms with van der Waals surface area (Å²) in [6, 6.07) is 10.4. The van der Waals surface area contributed by atoms with Crippen molar-refractivity contribution in [3.05, 3.63) is 35.9 Å². The lowest BCUT2D eigenvalue weighted by Gasteiger charge is -2.41. The molecule has 1 aromatic carbocycles. The van der Waals surface area contributed by atoms with Crippen molar-refractivity contribution in [3.8, 4) is 0 Å². The zero-order valence-corrected chi connectivity index (χ0v) is 20.3. The van der Waals surface area contributed by atoms with Crippen LogP contribution in [0.2, 0.25) is 18.1 Å². The molecule has 0 unspecified atom stereocenters. The summed E-state index contributed by atoms with van der Waals surface area (Å²) in [7, 11) is -1.80. The van der Waals surface area contributed by atoms with Gasteiger partial charge in [-0.3, -0.25) is 0 Å². The summed E-state index contributed by atoms with van der Waals surface area (Å²) in [5, 5.41) is 0.222. The summed E-state index contributed by atoms with van der Waals surface area (Å²) in [5.74, 6) is 1.23. The van der Waals surface area contributed by atoms with Gasteiger partial charge in [-0.05, 0) is 42.0 Å². The summed E-state index contributed by atoms with van der Waals surface area (Å²) in [6.45, 7) is 17.6. The van der Waals surface area contributed by atoms with Crippen LogP contribution in [-0.2, 0) is 15.8 Å². The lowest BCUT2D eigenvalue weighted by Crippen LogP contribution is -2.47. The Balaban J connectivity index is 2.73. The summed E-state index contributed by atoms with van der Waals surface area (Å²) in [6.07, 6.45) is 1.37. The predicted octanol–water partition coefficient (Wildman–Crippen LogP) is 6.69. The van der Waals surface area contributed by atoms with Gasteiger partial charge in [0, 0.05) is 4.43 Å². The van der Waals surface area contributed by atoms with E-state index in [4.69, 9.17) is 9.16 Å². The van der Waals surface area contributed by atoms with E-state index in [1.807, 2.05) is 6.07 Å². The summed E-state index contributed by atoms with van der Waals surface area (Å²) in [4.78, 5) is 0. The molecule has 0 N–H and O–H groups in total. The van der Waals surface area contributed by atoms with E-state index in [2.05, 4.69) is 94.6 Å². The third kappa shape index (κ3) is 8.10. The summed E-state index contributed by atoms with van der Waals surface area (Å²) < 4.78 is 14.0. The molecular weight excluding hydrogens is 439 g/mol. The molecule has 0 aromatic heterocycles. The number of ether oxygens (including phenoxy) is 1. The van der Waals surface area contributed by atoms with Crippen LogP contribution < -0.4 is 0 Å². The molecule has 0 aliphatic carbocycles. The molecule has 1 rings (SSSR count). The van der Waals surface area contributed by atoms with Gasteiger partial charge in [-0.1, -0.05) is 87.5 Å². The number of halogens is 1. The maximum atomic E-state index is 6.76. The van der Waals surface area contributed by atoms with Crippen molar-refractivity contribution in [2.75, 3.05) is 11.0 Å². The first-order chi connectivity index (χ1) is 11.6. The molecule has 0 bridgehead atoms. The lowest BCUT2D eigenvalue weighted by atomic mass is 9.94. The molecule has 0 saturated heterocycles. The highest BCUT2D eigenvalue weighted by Crippen LogP contribution is 2.38. The first-order valence-electron chi connectivity index (χ1n) is 9.42. The van der Waals surface area contributed by atoms with E-state index in [9.17, 15) is 0 Å². The largest absolute Gasteiger partial charge is 0.411 e. The molecule has 0 aliphatic rings. The van der Waals surface area contributed by atoms with Crippen LogP contribution in [0.15, 0.2) is 30.3 Å². The van der Waals surface area contributed by atoms with Gasteiger partial charge in [0.15, 0.2) is 8.32 Å². The molecule has 0 saturated carbocycles. The van der Waals surface area contributed by atoms with E-state index in [1.54, 1.807) is 0 Å². The predicted molar refractivity (Wildman–Crippen MR) is 120 cm³/mol. The van der Waals surface area contributed by atoms with Gasteiger partial charge in [0.25, 0.3) is 0 Å². The number of alkyl halides is 1. The third-order valence-corrected chi connectivity index (χ3v) is 11.3. The maximum absolute atomic E-state index is 6.76. The second-order valence-electron chi connectivity index (χ2n) is 8.89. The Morgan fingerprint density at radius 2 is 1.68 bits per heavy atom. The highest BCUT2D eigenvalue weighted by molar-refractivity contribution is 14.1. The van der Waals surface area contributed by atoms with Crippen molar-refractivity contribution in [3.63, 3.8) is 0 Å². The molecule has 0 radical (unpaired) electrons. The fourth-order valence-corrected chi connectivity index (χ4v) is 4.36. The lowest BCUT2D eigenvalue weighted by molar-refractivity contribution is 0.00489. The standard InChI is InChI=1S/C21H37IO2Si/c1-17(14-22)13-18(2)20(24-25(6,7)21(3,4)5)16-23-15-19-11-9-8-10-12-19/h8-12,17-18,20H,13-16H2,1-7H3/t17-,18-,20-/m0/s1. The van der Waals surface area contributed by atoms with Gasteiger partial charge in [0.2, 0.25) is 0 Å². The van der Waals surface area contributed by atoms with Crippen molar-refractivity contribution in [1.82, 2.24) is 0 Å². The Hall–Kier alpha value is 0.0869. The highest BCUT2D eigenvalue weighted by atomic mass is 127. The SMILES string of the molecule is C[C@H](CI)C[C@H](C)[C@H](COCc1ccccc1)O[Si](C)(C)C(C)(C)C. The topological polar surface area (TPSA) is 18.5 Å². The Kier molecular flexibility index (Phi) is 9.65. The van der Waals surface area contributed by atoms with Gasteiger partial charge < -0.3 is 9.16 Å². The van der Waals surface area contributed by atoms with Crippen LogP contribution in [0.1, 0.15) is 46.6 Å². The molecule has 2 nitrogen and oxygen atoms in total. The van der Waals surface area contributed by atoms with Gasteiger partial charge in [-0.25, -0.2) is 0 Å². The van der Waals surface area contributed by atoms with Crippen LogP contribution >= 0.6 is 22.6 Å². The minimum atomic E-state index is -1.80. The second kappa shape index (κ2) is 10.4. The molecule has 0 heterocycles.